The molecule has 1 aromatic carbocycles. The number of hydrogen-bond acceptors (Lipinski definition) is 3. The molecule has 1 heterocycles. The third-order valence-electron chi connectivity index (χ3n) is 3.51. The molecular formula is C17H18BrNO3. The molecule has 2 rings (SSSR count). The number of methoxy groups -OCH3 is 1. The highest BCUT2D eigenvalue weighted by Crippen LogP contribution is 2.33. The number of amides is 1. The Hall–Kier alpha value is -1.88. The maximum absolute atomic E-state index is 12.7. The Labute approximate surface area is 138 Å². The molecule has 0 fully saturated rings. The van der Waals surface area contributed by atoms with E-state index in [4.69, 9.17) is 4.74 Å². The highest BCUT2D eigenvalue weighted by Gasteiger charge is 2.38. The zero-order valence-electron chi connectivity index (χ0n) is 13.0. The van der Waals surface area contributed by atoms with Gasteiger partial charge in [-0.1, -0.05) is 28.1 Å². The van der Waals surface area contributed by atoms with Gasteiger partial charge in [0.25, 0.3) is 5.91 Å². The highest BCUT2D eigenvalue weighted by molar-refractivity contribution is 9.10. The van der Waals surface area contributed by atoms with E-state index in [0.717, 1.165) is 10.0 Å². The molecule has 0 unspecified atom stereocenters. The number of rotatable bonds is 3. The lowest BCUT2D eigenvalue weighted by molar-refractivity contribution is -0.136. The van der Waals surface area contributed by atoms with Crippen molar-refractivity contribution in [3.8, 4) is 0 Å². The molecule has 1 aromatic rings. The van der Waals surface area contributed by atoms with Crippen LogP contribution in [0.25, 0.3) is 6.08 Å². The summed E-state index contributed by atoms with van der Waals surface area (Å²) in [6.07, 6.45) is 1.73. The number of nitrogens with zero attached hydrogens (tertiary/aromatic N) is 1. The van der Waals surface area contributed by atoms with Crippen LogP contribution in [0, 0.1) is 0 Å². The third-order valence-corrected chi connectivity index (χ3v) is 4.00. The van der Waals surface area contributed by atoms with Crippen molar-refractivity contribution in [3.05, 3.63) is 51.1 Å². The minimum atomic E-state index is -0.491. The maximum atomic E-state index is 12.7. The molecule has 0 spiro atoms. The van der Waals surface area contributed by atoms with Crippen LogP contribution in [-0.2, 0) is 14.3 Å². The van der Waals surface area contributed by atoms with Crippen LogP contribution >= 0.6 is 15.9 Å². The summed E-state index contributed by atoms with van der Waals surface area (Å²) in [5.41, 5.74) is 2.18. The van der Waals surface area contributed by atoms with Crippen molar-refractivity contribution >= 4 is 33.9 Å². The van der Waals surface area contributed by atoms with E-state index in [-0.39, 0.29) is 11.9 Å². The molecular weight excluding hydrogens is 346 g/mol. The number of carbonyl (C=O) groups is 2. The number of benzene rings is 1. The third kappa shape index (κ3) is 2.99. The summed E-state index contributed by atoms with van der Waals surface area (Å²) < 4.78 is 5.76. The predicted molar refractivity (Wildman–Crippen MR) is 88.8 cm³/mol. The quantitative estimate of drug-likeness (QED) is 0.609. The first-order valence-electron chi connectivity index (χ1n) is 6.97. The Bertz CT molecular complexity index is 689. The molecule has 0 radical (unpaired) electrons. The highest BCUT2D eigenvalue weighted by atomic mass is 79.9. The molecule has 116 valence electrons. The average molecular weight is 364 g/mol. The van der Waals surface area contributed by atoms with E-state index >= 15 is 0 Å². The van der Waals surface area contributed by atoms with Crippen molar-refractivity contribution in [1.82, 2.24) is 4.90 Å². The van der Waals surface area contributed by atoms with Gasteiger partial charge in [0.05, 0.1) is 18.3 Å². The van der Waals surface area contributed by atoms with Crippen molar-refractivity contribution < 1.29 is 14.3 Å². The molecule has 1 aliphatic heterocycles. The smallest absolute Gasteiger partial charge is 0.340 e. The van der Waals surface area contributed by atoms with Crippen molar-refractivity contribution in [3.63, 3.8) is 0 Å². The molecule has 1 amide bonds. The van der Waals surface area contributed by atoms with Gasteiger partial charge < -0.3 is 9.64 Å². The van der Waals surface area contributed by atoms with Crippen LogP contribution in [0.5, 0.6) is 0 Å². The van der Waals surface area contributed by atoms with Crippen molar-refractivity contribution in [1.29, 1.82) is 0 Å². The molecule has 1 aliphatic rings. The maximum Gasteiger partial charge on any atom is 0.340 e. The molecule has 5 heteroatoms. The van der Waals surface area contributed by atoms with E-state index in [1.165, 1.54) is 7.11 Å². The van der Waals surface area contributed by atoms with Gasteiger partial charge in [-0.2, -0.15) is 0 Å². The molecule has 0 N–H and O–H groups in total. The molecule has 4 nitrogen and oxygen atoms in total. The molecule has 0 saturated heterocycles. The summed E-state index contributed by atoms with van der Waals surface area (Å²) in [5, 5.41) is 0. The fourth-order valence-electron chi connectivity index (χ4n) is 2.58. The van der Waals surface area contributed by atoms with Crippen LogP contribution in [-0.4, -0.2) is 29.9 Å². The second kappa shape index (κ2) is 6.48. The number of allylic oxidation sites excluding steroid dienone is 1. The molecule has 0 aliphatic carbocycles. The lowest BCUT2D eigenvalue weighted by Gasteiger charge is -2.22. The minimum Gasteiger partial charge on any atom is -0.465 e. The molecule has 0 atom stereocenters. The number of ether oxygens (including phenoxy) is 1. The number of halogens is 1. The summed E-state index contributed by atoms with van der Waals surface area (Å²) >= 11 is 3.40. The van der Waals surface area contributed by atoms with Crippen LogP contribution in [0.3, 0.4) is 0 Å². The van der Waals surface area contributed by atoms with Crippen LogP contribution < -0.4 is 0 Å². The standard InChI is InChI=1S/C17H18BrNO3/c1-10(2)19-11(3)15(17(21)22-4)14(16(19)20)9-12-6-5-7-13(18)8-12/h5-10H,1-4H3/b14-9-. The Morgan fingerprint density at radius 1 is 1.36 bits per heavy atom. The molecule has 0 bridgehead atoms. The zero-order valence-corrected chi connectivity index (χ0v) is 14.6. The normalized spacial score (nSPS) is 16.9. The lowest BCUT2D eigenvalue weighted by atomic mass is 10.0. The van der Waals surface area contributed by atoms with Crippen molar-refractivity contribution in [2.75, 3.05) is 7.11 Å². The number of hydrogen-bond donors (Lipinski definition) is 0. The summed E-state index contributed by atoms with van der Waals surface area (Å²) in [5.74, 6) is -0.664. The van der Waals surface area contributed by atoms with Crippen LogP contribution in [0.2, 0.25) is 0 Å². The summed E-state index contributed by atoms with van der Waals surface area (Å²) in [7, 11) is 1.32. The van der Waals surface area contributed by atoms with E-state index in [1.807, 2.05) is 38.1 Å². The average Bonchev–Trinajstić information content (AvgIpc) is 2.69. The van der Waals surface area contributed by atoms with Crippen molar-refractivity contribution in [2.45, 2.75) is 26.8 Å². The Morgan fingerprint density at radius 3 is 2.59 bits per heavy atom. The van der Waals surface area contributed by atoms with Gasteiger partial charge in [-0.05, 0) is 44.5 Å². The SMILES string of the molecule is COC(=O)C1=C(C)N(C(C)C)C(=O)/C1=C\c1cccc(Br)c1. The summed E-state index contributed by atoms with van der Waals surface area (Å²) in [6, 6.07) is 7.53. The van der Waals surface area contributed by atoms with E-state index in [0.29, 0.717) is 16.8 Å². The Balaban J connectivity index is 2.57. The van der Waals surface area contributed by atoms with E-state index in [9.17, 15) is 9.59 Å². The summed E-state index contributed by atoms with van der Waals surface area (Å²) in [4.78, 5) is 26.4. The lowest BCUT2D eigenvalue weighted by Crippen LogP contribution is -2.31. The van der Waals surface area contributed by atoms with Gasteiger partial charge in [0.15, 0.2) is 0 Å². The first-order valence-corrected chi connectivity index (χ1v) is 7.76. The zero-order chi connectivity index (χ0) is 16.4. The fourth-order valence-corrected chi connectivity index (χ4v) is 3.00. The first kappa shape index (κ1) is 16.5. The van der Waals surface area contributed by atoms with E-state index in [2.05, 4.69) is 15.9 Å². The fraction of sp³-hybridized carbons (Fsp3) is 0.294. The van der Waals surface area contributed by atoms with Gasteiger partial charge in [-0.3, -0.25) is 4.79 Å². The minimum absolute atomic E-state index is 0.0273. The van der Waals surface area contributed by atoms with Crippen molar-refractivity contribution in [2.24, 2.45) is 0 Å². The van der Waals surface area contributed by atoms with Crippen LogP contribution in [0.1, 0.15) is 26.3 Å². The first-order chi connectivity index (χ1) is 10.4. The second-order valence-electron chi connectivity index (χ2n) is 5.33. The Kier molecular flexibility index (Phi) is 4.86. The van der Waals surface area contributed by atoms with Gasteiger partial charge in [0.1, 0.15) is 0 Å². The van der Waals surface area contributed by atoms with E-state index in [1.54, 1.807) is 17.9 Å². The van der Waals surface area contributed by atoms with Gasteiger partial charge in [-0.15, -0.1) is 0 Å². The number of esters is 1. The Morgan fingerprint density at radius 2 is 2.05 bits per heavy atom. The molecule has 0 saturated carbocycles. The largest absolute Gasteiger partial charge is 0.465 e. The number of carbonyl (C=O) groups excluding carboxylic acids is 2. The second-order valence-corrected chi connectivity index (χ2v) is 6.25. The molecule has 22 heavy (non-hydrogen) atoms. The van der Waals surface area contributed by atoms with Gasteiger partial charge in [0.2, 0.25) is 0 Å². The topological polar surface area (TPSA) is 46.6 Å². The predicted octanol–water partition coefficient (Wildman–Crippen LogP) is 3.53. The van der Waals surface area contributed by atoms with E-state index < -0.39 is 5.97 Å². The molecule has 0 aromatic heterocycles. The van der Waals surface area contributed by atoms with Gasteiger partial charge >= 0.3 is 5.97 Å². The van der Waals surface area contributed by atoms with Crippen LogP contribution in [0.4, 0.5) is 0 Å². The van der Waals surface area contributed by atoms with Crippen LogP contribution in [0.15, 0.2) is 45.6 Å². The van der Waals surface area contributed by atoms with Gasteiger partial charge in [0, 0.05) is 16.2 Å². The van der Waals surface area contributed by atoms with Gasteiger partial charge in [-0.25, -0.2) is 4.79 Å². The monoisotopic (exact) mass is 363 g/mol. The summed E-state index contributed by atoms with van der Waals surface area (Å²) in [6.45, 7) is 5.60.